The lowest BCUT2D eigenvalue weighted by Gasteiger charge is -2.22. The van der Waals surface area contributed by atoms with E-state index in [2.05, 4.69) is 10.3 Å². The fourth-order valence-corrected chi connectivity index (χ4v) is 3.98. The average Bonchev–Trinajstić information content (AvgIpc) is 3.52. The lowest BCUT2D eigenvalue weighted by molar-refractivity contribution is -0.117. The van der Waals surface area contributed by atoms with E-state index in [1.54, 1.807) is 38.5 Å². The Morgan fingerprint density at radius 3 is 2.75 bits per heavy atom. The number of amides is 2. The molecule has 0 spiro atoms. The third-order valence-corrected chi connectivity index (χ3v) is 5.82. The number of carbonyl (C=O) groups is 2. The molecule has 0 saturated heterocycles. The molecular weight excluding hydrogens is 376 g/mol. The van der Waals surface area contributed by atoms with Crippen LogP contribution < -0.4 is 14.8 Å². The van der Waals surface area contributed by atoms with Gasteiger partial charge in [0.25, 0.3) is 11.8 Å². The van der Waals surface area contributed by atoms with Gasteiger partial charge in [0.1, 0.15) is 0 Å². The minimum Gasteiger partial charge on any atom is -0.493 e. The Labute approximate surface area is 167 Å². The maximum absolute atomic E-state index is 12.5. The summed E-state index contributed by atoms with van der Waals surface area (Å²) >= 11 is 1.43. The van der Waals surface area contributed by atoms with E-state index in [1.165, 1.54) is 11.8 Å². The van der Waals surface area contributed by atoms with Crippen LogP contribution in [0.25, 0.3) is 6.08 Å². The summed E-state index contributed by atoms with van der Waals surface area (Å²) in [5.41, 5.74) is 1.98. The number of thioether (sulfide) groups is 1. The largest absolute Gasteiger partial charge is 0.493 e. The van der Waals surface area contributed by atoms with Gasteiger partial charge in [-0.1, -0.05) is 18.2 Å². The van der Waals surface area contributed by atoms with Gasteiger partial charge in [0, 0.05) is 11.6 Å². The summed E-state index contributed by atoms with van der Waals surface area (Å²) in [5.74, 6) is 0.814. The zero-order valence-electron chi connectivity index (χ0n) is 15.6. The lowest BCUT2D eigenvalue weighted by Crippen LogP contribution is -2.30. The van der Waals surface area contributed by atoms with Gasteiger partial charge >= 0.3 is 0 Å². The molecule has 6 nitrogen and oxygen atoms in total. The van der Waals surface area contributed by atoms with Crippen LogP contribution in [0.3, 0.4) is 0 Å². The Bertz CT molecular complexity index is 957. The van der Waals surface area contributed by atoms with Crippen LogP contribution in [0.5, 0.6) is 11.5 Å². The molecule has 1 aliphatic heterocycles. The Balaban J connectivity index is 1.55. The van der Waals surface area contributed by atoms with E-state index >= 15 is 0 Å². The van der Waals surface area contributed by atoms with Crippen molar-refractivity contribution in [2.24, 2.45) is 4.99 Å². The van der Waals surface area contributed by atoms with Crippen LogP contribution in [0.15, 0.2) is 51.9 Å². The molecule has 1 aromatic carbocycles. The van der Waals surface area contributed by atoms with Gasteiger partial charge in [0.05, 0.1) is 30.1 Å². The number of allylic oxidation sites excluding steroid dienone is 1. The fraction of sp³-hybridized carbons (Fsp3) is 0.286. The molecule has 2 amide bonds. The Hall–Kier alpha value is -2.80. The van der Waals surface area contributed by atoms with E-state index in [4.69, 9.17) is 9.47 Å². The van der Waals surface area contributed by atoms with Crippen molar-refractivity contribution in [1.29, 1.82) is 0 Å². The van der Waals surface area contributed by atoms with Crippen molar-refractivity contribution in [3.8, 4) is 11.5 Å². The first-order valence-electron chi connectivity index (χ1n) is 9.01. The van der Waals surface area contributed by atoms with Crippen molar-refractivity contribution in [3.63, 3.8) is 0 Å². The predicted molar refractivity (Wildman–Crippen MR) is 110 cm³/mol. The number of carbonyl (C=O) groups excluding carboxylic acids is 2. The molecule has 1 atom stereocenters. The predicted octanol–water partition coefficient (Wildman–Crippen LogP) is 2.90. The summed E-state index contributed by atoms with van der Waals surface area (Å²) in [6.45, 7) is 0. The number of nitrogens with zero attached hydrogens (tertiary/aromatic N) is 1. The first kappa shape index (κ1) is 18.6. The molecule has 7 heteroatoms. The molecule has 1 aromatic rings. The molecule has 1 heterocycles. The summed E-state index contributed by atoms with van der Waals surface area (Å²) < 4.78 is 10.6. The van der Waals surface area contributed by atoms with Crippen molar-refractivity contribution in [1.82, 2.24) is 5.32 Å². The molecule has 144 valence electrons. The van der Waals surface area contributed by atoms with Crippen LogP contribution in [0.1, 0.15) is 18.4 Å². The first-order chi connectivity index (χ1) is 13.6. The van der Waals surface area contributed by atoms with Crippen LogP contribution in [-0.4, -0.2) is 43.0 Å². The molecule has 2 aliphatic carbocycles. The van der Waals surface area contributed by atoms with Crippen molar-refractivity contribution in [2.45, 2.75) is 24.1 Å². The van der Waals surface area contributed by atoms with Gasteiger partial charge in [-0.2, -0.15) is 0 Å². The average molecular weight is 396 g/mol. The number of ether oxygens (including phenoxy) is 2. The van der Waals surface area contributed by atoms with Gasteiger partial charge in [-0.05, 0) is 42.7 Å². The summed E-state index contributed by atoms with van der Waals surface area (Å²) in [7, 11) is 3.15. The minimum absolute atomic E-state index is 0.0819. The summed E-state index contributed by atoms with van der Waals surface area (Å²) in [6, 6.07) is 5.76. The van der Waals surface area contributed by atoms with Gasteiger partial charge < -0.3 is 14.8 Å². The molecule has 1 N–H and O–H groups in total. The summed E-state index contributed by atoms with van der Waals surface area (Å²) in [4.78, 5) is 29.5. The van der Waals surface area contributed by atoms with Crippen LogP contribution in [0.4, 0.5) is 0 Å². The second-order valence-electron chi connectivity index (χ2n) is 6.71. The molecule has 3 aliphatic rings. The molecule has 1 fully saturated rings. The van der Waals surface area contributed by atoms with Crippen LogP contribution in [0, 0.1) is 0 Å². The Kier molecular flexibility index (Phi) is 5.09. The molecule has 0 aromatic heterocycles. The molecule has 28 heavy (non-hydrogen) atoms. The highest BCUT2D eigenvalue weighted by molar-refractivity contribution is 8.05. The number of methoxy groups -OCH3 is 2. The highest BCUT2D eigenvalue weighted by Crippen LogP contribution is 2.35. The van der Waals surface area contributed by atoms with E-state index in [0.717, 1.165) is 18.4 Å². The van der Waals surface area contributed by atoms with Crippen molar-refractivity contribution >= 4 is 35.4 Å². The quantitative estimate of drug-likeness (QED) is 0.775. The SMILES string of the molecule is COc1ccc(/C=C2/SC3C=CC(C(=O)NC4CC4)=CC3=NC2=O)cc1OC. The van der Waals surface area contributed by atoms with E-state index < -0.39 is 0 Å². The number of nitrogens with one attached hydrogen (secondary N) is 1. The fourth-order valence-electron chi connectivity index (χ4n) is 2.96. The second-order valence-corrected chi connectivity index (χ2v) is 7.89. The number of rotatable bonds is 5. The number of fused-ring (bicyclic) bond motifs is 1. The van der Waals surface area contributed by atoms with Crippen molar-refractivity contribution in [3.05, 3.63) is 52.5 Å². The van der Waals surface area contributed by atoms with Crippen LogP contribution in [0.2, 0.25) is 0 Å². The van der Waals surface area contributed by atoms with Gasteiger partial charge in [-0.3, -0.25) is 9.59 Å². The van der Waals surface area contributed by atoms with Crippen molar-refractivity contribution < 1.29 is 19.1 Å². The molecule has 0 bridgehead atoms. The maximum atomic E-state index is 12.5. The molecule has 4 rings (SSSR count). The van der Waals surface area contributed by atoms with Crippen LogP contribution in [-0.2, 0) is 9.59 Å². The number of aliphatic imine (C=N–C) groups is 1. The smallest absolute Gasteiger partial charge is 0.283 e. The zero-order chi connectivity index (χ0) is 19.7. The van der Waals surface area contributed by atoms with E-state index in [1.807, 2.05) is 18.2 Å². The minimum atomic E-state index is -0.306. The number of hydrogen-bond acceptors (Lipinski definition) is 5. The number of benzene rings is 1. The topological polar surface area (TPSA) is 77.0 Å². The molecule has 1 unspecified atom stereocenters. The van der Waals surface area contributed by atoms with Crippen LogP contribution >= 0.6 is 11.8 Å². The van der Waals surface area contributed by atoms with Gasteiger partial charge in [-0.25, -0.2) is 4.99 Å². The summed E-state index contributed by atoms with van der Waals surface area (Å²) in [5, 5.41) is 2.87. The van der Waals surface area contributed by atoms with E-state index in [-0.39, 0.29) is 17.1 Å². The third kappa shape index (κ3) is 3.89. The van der Waals surface area contributed by atoms with Gasteiger partial charge in [0.2, 0.25) is 0 Å². The highest BCUT2D eigenvalue weighted by Gasteiger charge is 2.30. The second kappa shape index (κ2) is 7.67. The van der Waals surface area contributed by atoms with Gasteiger partial charge in [-0.15, -0.1) is 11.8 Å². The Morgan fingerprint density at radius 2 is 2.04 bits per heavy atom. The highest BCUT2D eigenvalue weighted by atomic mass is 32.2. The zero-order valence-corrected chi connectivity index (χ0v) is 16.4. The lowest BCUT2D eigenvalue weighted by atomic mass is 10.0. The normalized spacial score (nSPS) is 22.3. The molecular formula is C21H20N2O4S. The molecule has 0 radical (unpaired) electrons. The standard InChI is InChI=1S/C21H20N2O4S/c1-26-16-7-3-12(9-17(16)27-2)10-19-21(25)23-15-11-13(4-8-18(15)28-19)20(24)22-14-5-6-14/h3-4,7-11,14,18H,5-6H2,1-2H3,(H,22,24)/b19-10+. The first-order valence-corrected chi connectivity index (χ1v) is 9.89. The van der Waals surface area contributed by atoms with E-state index in [9.17, 15) is 9.59 Å². The number of hydrogen-bond donors (Lipinski definition) is 1. The monoisotopic (exact) mass is 396 g/mol. The van der Waals surface area contributed by atoms with E-state index in [0.29, 0.717) is 33.7 Å². The molecule has 1 saturated carbocycles. The third-order valence-electron chi connectivity index (χ3n) is 4.62. The maximum Gasteiger partial charge on any atom is 0.283 e. The summed E-state index contributed by atoms with van der Waals surface area (Å²) in [6.07, 6.45) is 9.29. The Morgan fingerprint density at radius 1 is 1.25 bits per heavy atom. The van der Waals surface area contributed by atoms with Gasteiger partial charge in [0.15, 0.2) is 11.5 Å². The van der Waals surface area contributed by atoms with Crippen molar-refractivity contribution in [2.75, 3.05) is 14.2 Å².